The van der Waals surface area contributed by atoms with Crippen LogP contribution in [0, 0.1) is 0 Å². The number of ketones is 1. The Hall–Kier alpha value is -1.91. The minimum atomic E-state index is -1.10. The number of aromatic nitrogens is 1. The molecule has 1 amide bonds. The number of hydrogen-bond donors (Lipinski definition) is 1. The summed E-state index contributed by atoms with van der Waals surface area (Å²) in [4.78, 5) is 27.7. The molecule has 0 aliphatic rings. The monoisotopic (exact) mass is 222 g/mol. The van der Waals surface area contributed by atoms with Crippen LogP contribution in [0.4, 0.5) is 4.79 Å². The molecule has 86 valence electrons. The highest BCUT2D eigenvalue weighted by Gasteiger charge is 2.25. The summed E-state index contributed by atoms with van der Waals surface area (Å²) in [5.41, 5.74) is 0.287. The Morgan fingerprint density at radius 2 is 2.19 bits per heavy atom. The van der Waals surface area contributed by atoms with Crippen LogP contribution in [0.5, 0.6) is 0 Å². The van der Waals surface area contributed by atoms with Gasteiger partial charge in [0, 0.05) is 12.7 Å². The first-order valence-electron chi connectivity index (χ1n) is 5.02. The Kier molecular flexibility index (Phi) is 3.99. The van der Waals surface area contributed by atoms with E-state index in [2.05, 4.69) is 4.98 Å². The molecule has 1 atom stereocenters. The Morgan fingerprint density at radius 1 is 1.50 bits per heavy atom. The normalized spacial score (nSPS) is 11.9. The molecule has 5 heteroatoms. The van der Waals surface area contributed by atoms with Gasteiger partial charge in [-0.15, -0.1) is 0 Å². The van der Waals surface area contributed by atoms with E-state index in [-0.39, 0.29) is 18.0 Å². The molecule has 0 spiro atoms. The smallest absolute Gasteiger partial charge is 0.407 e. The molecule has 1 aromatic rings. The van der Waals surface area contributed by atoms with Gasteiger partial charge in [-0.25, -0.2) is 4.79 Å². The Balaban J connectivity index is 2.86. The van der Waals surface area contributed by atoms with Crippen LogP contribution >= 0.6 is 0 Å². The second-order valence-corrected chi connectivity index (χ2v) is 3.32. The quantitative estimate of drug-likeness (QED) is 0.786. The predicted octanol–water partition coefficient (Wildman–Crippen LogP) is 1.65. The van der Waals surface area contributed by atoms with E-state index >= 15 is 0 Å². The zero-order valence-electron chi connectivity index (χ0n) is 9.25. The molecule has 0 aliphatic heterocycles. The van der Waals surface area contributed by atoms with Crippen LogP contribution in [0.15, 0.2) is 24.4 Å². The second kappa shape index (κ2) is 5.25. The highest BCUT2D eigenvalue weighted by Crippen LogP contribution is 2.07. The van der Waals surface area contributed by atoms with Gasteiger partial charge in [0.1, 0.15) is 5.69 Å². The molecule has 0 saturated heterocycles. The molecular weight excluding hydrogens is 208 g/mol. The maximum atomic E-state index is 11.9. The fraction of sp³-hybridized carbons (Fsp3) is 0.364. The Bertz CT molecular complexity index is 378. The summed E-state index contributed by atoms with van der Waals surface area (Å²) in [7, 11) is 0. The van der Waals surface area contributed by atoms with Crippen LogP contribution in [-0.2, 0) is 0 Å². The van der Waals surface area contributed by atoms with Gasteiger partial charge in [-0.1, -0.05) is 6.07 Å². The number of rotatable bonds is 4. The van der Waals surface area contributed by atoms with Gasteiger partial charge in [-0.3, -0.25) is 14.7 Å². The van der Waals surface area contributed by atoms with E-state index in [1.54, 1.807) is 32.0 Å². The Morgan fingerprint density at radius 3 is 2.62 bits per heavy atom. The van der Waals surface area contributed by atoms with Gasteiger partial charge < -0.3 is 5.11 Å². The largest absolute Gasteiger partial charge is 0.465 e. The summed E-state index contributed by atoms with van der Waals surface area (Å²) in [5.74, 6) is -0.287. The summed E-state index contributed by atoms with van der Waals surface area (Å²) in [6, 6.07) is 4.27. The minimum Gasteiger partial charge on any atom is -0.465 e. The topological polar surface area (TPSA) is 70.5 Å². The summed E-state index contributed by atoms with van der Waals surface area (Å²) < 4.78 is 0. The molecule has 1 unspecified atom stereocenters. The van der Waals surface area contributed by atoms with Crippen molar-refractivity contribution in [2.24, 2.45) is 0 Å². The van der Waals surface area contributed by atoms with E-state index in [4.69, 9.17) is 5.11 Å². The lowest BCUT2D eigenvalue weighted by Crippen LogP contribution is -2.42. The van der Waals surface area contributed by atoms with Crippen molar-refractivity contribution in [3.63, 3.8) is 0 Å². The van der Waals surface area contributed by atoms with E-state index in [9.17, 15) is 9.59 Å². The first kappa shape index (κ1) is 12.2. The van der Waals surface area contributed by atoms with Gasteiger partial charge in [0.05, 0.1) is 6.04 Å². The average Bonchev–Trinajstić information content (AvgIpc) is 2.29. The third-order valence-electron chi connectivity index (χ3n) is 2.35. The van der Waals surface area contributed by atoms with E-state index in [0.29, 0.717) is 0 Å². The van der Waals surface area contributed by atoms with Gasteiger partial charge in [-0.2, -0.15) is 0 Å². The van der Waals surface area contributed by atoms with Crippen LogP contribution < -0.4 is 0 Å². The number of hydrogen-bond acceptors (Lipinski definition) is 3. The van der Waals surface area contributed by atoms with Crippen molar-refractivity contribution < 1.29 is 14.7 Å². The number of nitrogens with zero attached hydrogens (tertiary/aromatic N) is 2. The third-order valence-corrected chi connectivity index (χ3v) is 2.35. The lowest BCUT2D eigenvalue weighted by atomic mass is 10.1. The molecule has 1 rings (SSSR count). The highest BCUT2D eigenvalue weighted by atomic mass is 16.4. The van der Waals surface area contributed by atoms with Gasteiger partial charge in [0.15, 0.2) is 0 Å². The molecule has 0 bridgehead atoms. The molecule has 1 N–H and O–H groups in total. The Labute approximate surface area is 93.7 Å². The third kappa shape index (κ3) is 2.56. The number of carboxylic acid groups (broad SMARTS) is 1. The van der Waals surface area contributed by atoms with Crippen molar-refractivity contribution in [2.45, 2.75) is 19.9 Å². The molecule has 1 aromatic heterocycles. The molecule has 5 nitrogen and oxygen atoms in total. The fourth-order valence-electron chi connectivity index (χ4n) is 1.44. The van der Waals surface area contributed by atoms with Crippen molar-refractivity contribution in [2.75, 3.05) is 6.54 Å². The van der Waals surface area contributed by atoms with Crippen molar-refractivity contribution in [3.8, 4) is 0 Å². The van der Waals surface area contributed by atoms with E-state index in [1.165, 1.54) is 6.20 Å². The number of pyridine rings is 1. The van der Waals surface area contributed by atoms with Crippen molar-refractivity contribution in [3.05, 3.63) is 30.1 Å². The number of carbonyl (C=O) groups excluding carboxylic acids is 1. The van der Waals surface area contributed by atoms with E-state index in [0.717, 1.165) is 4.90 Å². The zero-order valence-corrected chi connectivity index (χ0v) is 9.25. The predicted molar refractivity (Wildman–Crippen MR) is 58.4 cm³/mol. The van der Waals surface area contributed by atoms with Gasteiger partial charge in [0.2, 0.25) is 5.78 Å². The molecule has 16 heavy (non-hydrogen) atoms. The first-order valence-corrected chi connectivity index (χ1v) is 5.02. The van der Waals surface area contributed by atoms with Gasteiger partial charge >= 0.3 is 6.09 Å². The van der Waals surface area contributed by atoms with E-state index in [1.807, 2.05) is 0 Å². The van der Waals surface area contributed by atoms with Crippen LogP contribution in [-0.4, -0.2) is 39.5 Å². The number of carbonyl (C=O) groups is 2. The van der Waals surface area contributed by atoms with Crippen molar-refractivity contribution in [1.29, 1.82) is 0 Å². The maximum Gasteiger partial charge on any atom is 0.407 e. The van der Waals surface area contributed by atoms with Crippen molar-refractivity contribution in [1.82, 2.24) is 9.88 Å². The van der Waals surface area contributed by atoms with E-state index < -0.39 is 12.1 Å². The van der Waals surface area contributed by atoms with Crippen LogP contribution in [0.1, 0.15) is 24.3 Å². The van der Waals surface area contributed by atoms with Gasteiger partial charge in [-0.05, 0) is 26.0 Å². The summed E-state index contributed by atoms with van der Waals surface area (Å²) in [5, 5.41) is 8.89. The molecule has 0 aliphatic carbocycles. The van der Waals surface area contributed by atoms with Crippen LogP contribution in [0.2, 0.25) is 0 Å². The standard InChI is InChI=1S/C11H14N2O3/c1-3-13(11(15)16)8(2)10(14)9-6-4-5-7-12-9/h4-8H,3H2,1-2H3,(H,15,16). The second-order valence-electron chi connectivity index (χ2n) is 3.32. The zero-order chi connectivity index (χ0) is 12.1. The van der Waals surface area contributed by atoms with Crippen LogP contribution in [0.3, 0.4) is 0 Å². The number of amides is 1. The number of likely N-dealkylation sites (N-methyl/N-ethyl adjacent to an activating group) is 1. The first-order chi connectivity index (χ1) is 7.57. The average molecular weight is 222 g/mol. The lowest BCUT2D eigenvalue weighted by Gasteiger charge is -2.23. The van der Waals surface area contributed by atoms with Crippen LogP contribution in [0.25, 0.3) is 0 Å². The van der Waals surface area contributed by atoms with Crippen molar-refractivity contribution >= 4 is 11.9 Å². The highest BCUT2D eigenvalue weighted by molar-refractivity contribution is 5.99. The molecular formula is C11H14N2O3. The lowest BCUT2D eigenvalue weighted by molar-refractivity contribution is 0.0811. The molecule has 0 fully saturated rings. The summed E-state index contributed by atoms with van der Waals surface area (Å²) >= 11 is 0. The summed E-state index contributed by atoms with van der Waals surface area (Å²) in [6.07, 6.45) is 0.413. The molecule has 0 saturated carbocycles. The fourth-order valence-corrected chi connectivity index (χ4v) is 1.44. The number of Topliss-reactive ketones (excluding diaryl/α,β-unsaturated/α-hetero) is 1. The SMILES string of the molecule is CCN(C(=O)O)C(C)C(=O)c1ccccn1. The molecule has 0 aromatic carbocycles. The maximum absolute atomic E-state index is 11.9. The summed E-state index contributed by atoms with van der Waals surface area (Å²) in [6.45, 7) is 3.53. The molecule has 1 heterocycles. The minimum absolute atomic E-state index is 0.273. The van der Waals surface area contributed by atoms with Gasteiger partial charge in [0.25, 0.3) is 0 Å². The molecule has 0 radical (unpaired) electrons.